The van der Waals surface area contributed by atoms with Crippen LogP contribution in [0.25, 0.3) is 0 Å². The molecule has 94 valence electrons. The largest absolute Gasteiger partial charge is 0.162 e. The molecule has 0 N–H and O–H groups in total. The van der Waals surface area contributed by atoms with E-state index in [0.717, 1.165) is 0 Å². The number of hydrogen-bond donors (Lipinski definition) is 0. The Morgan fingerprint density at radius 2 is 1.33 bits per heavy atom. The topological polar surface area (TPSA) is 0 Å². The monoisotopic (exact) mass is 274 g/mol. The fourth-order valence-corrected chi connectivity index (χ4v) is 5.25. The quantitative estimate of drug-likeness (QED) is 0.746. The molecule has 0 aliphatic heterocycles. The molecule has 2 aromatic carbocycles. The predicted molar refractivity (Wildman–Crippen MR) is 86.9 cm³/mol. The zero-order chi connectivity index (χ0) is 12.8. The summed E-state index contributed by atoms with van der Waals surface area (Å²) in [4.78, 5) is 0. The molecule has 0 heterocycles. The maximum Gasteiger partial charge on any atom is 0.00612 e. The lowest BCUT2D eigenvalue weighted by atomic mass is 10.4. The van der Waals surface area contributed by atoms with Gasteiger partial charge in [-0.15, -0.1) is 0 Å². The molecule has 2 aromatic rings. The molecular formula is C16H19PS. The van der Waals surface area contributed by atoms with Crippen LogP contribution in [0.3, 0.4) is 0 Å². The molecule has 2 rings (SSSR count). The fourth-order valence-electron chi connectivity index (χ4n) is 1.91. The Hall–Kier alpha value is -0.780. The molecule has 2 heteroatoms. The Balaban J connectivity index is 2.29. The highest BCUT2D eigenvalue weighted by molar-refractivity contribution is 7.99. The highest BCUT2D eigenvalue weighted by Crippen LogP contribution is 2.36. The number of hydrogen-bond acceptors (Lipinski definition) is 1. The van der Waals surface area contributed by atoms with Gasteiger partial charge in [0.2, 0.25) is 0 Å². The molecule has 0 nitrogen and oxygen atoms in total. The van der Waals surface area contributed by atoms with Crippen LogP contribution in [0.2, 0.25) is 0 Å². The van der Waals surface area contributed by atoms with Crippen LogP contribution in [0, 0.1) is 0 Å². The highest BCUT2D eigenvalue weighted by Gasteiger charge is 2.15. The molecule has 0 aliphatic rings. The number of thioether (sulfide) groups is 1. The smallest absolute Gasteiger partial charge is 0.00612 e. The normalized spacial score (nSPS) is 12.6. The van der Waals surface area contributed by atoms with Crippen LogP contribution in [0.15, 0.2) is 60.7 Å². The van der Waals surface area contributed by atoms with E-state index < -0.39 is 0 Å². The number of benzene rings is 2. The SMILES string of the molecule is CSC(C)CP(c1ccccc1)c1ccccc1. The summed E-state index contributed by atoms with van der Waals surface area (Å²) in [5.74, 6) is 0. The van der Waals surface area contributed by atoms with E-state index in [1.807, 2.05) is 11.8 Å². The van der Waals surface area contributed by atoms with Gasteiger partial charge in [0.05, 0.1) is 0 Å². The van der Waals surface area contributed by atoms with Crippen molar-refractivity contribution in [2.75, 3.05) is 12.4 Å². The zero-order valence-electron chi connectivity index (χ0n) is 10.9. The van der Waals surface area contributed by atoms with Gasteiger partial charge in [0.25, 0.3) is 0 Å². The van der Waals surface area contributed by atoms with Gasteiger partial charge in [-0.3, -0.25) is 0 Å². The maximum atomic E-state index is 2.33. The van der Waals surface area contributed by atoms with Gasteiger partial charge in [0.15, 0.2) is 0 Å². The van der Waals surface area contributed by atoms with E-state index in [4.69, 9.17) is 0 Å². The zero-order valence-corrected chi connectivity index (χ0v) is 12.6. The Bertz CT molecular complexity index is 416. The van der Waals surface area contributed by atoms with Crippen molar-refractivity contribution in [3.63, 3.8) is 0 Å². The average Bonchev–Trinajstić information content (AvgIpc) is 2.46. The van der Waals surface area contributed by atoms with Crippen LogP contribution in [-0.2, 0) is 0 Å². The minimum atomic E-state index is -0.217. The predicted octanol–water partition coefficient (Wildman–Crippen LogP) is 3.87. The molecule has 0 bridgehead atoms. The van der Waals surface area contributed by atoms with Gasteiger partial charge >= 0.3 is 0 Å². The van der Waals surface area contributed by atoms with Crippen molar-refractivity contribution in [1.82, 2.24) is 0 Å². The molecule has 0 aliphatic carbocycles. The standard InChI is InChI=1S/C16H19PS/c1-14(18-2)13-17(15-9-5-3-6-10-15)16-11-7-4-8-12-16/h3-12,14H,13H2,1-2H3. The van der Waals surface area contributed by atoms with Gasteiger partial charge in [-0.2, -0.15) is 11.8 Å². The Morgan fingerprint density at radius 3 is 1.72 bits per heavy atom. The Labute approximate surface area is 116 Å². The minimum Gasteiger partial charge on any atom is -0.162 e. The molecule has 0 aromatic heterocycles. The van der Waals surface area contributed by atoms with Crippen molar-refractivity contribution >= 4 is 30.3 Å². The first-order chi connectivity index (χ1) is 8.81. The summed E-state index contributed by atoms with van der Waals surface area (Å²) in [6.07, 6.45) is 3.46. The van der Waals surface area contributed by atoms with Gasteiger partial charge in [0, 0.05) is 5.25 Å². The average molecular weight is 274 g/mol. The van der Waals surface area contributed by atoms with E-state index in [-0.39, 0.29) is 7.92 Å². The van der Waals surface area contributed by atoms with E-state index in [1.54, 1.807) is 0 Å². The van der Waals surface area contributed by atoms with Crippen LogP contribution in [0.4, 0.5) is 0 Å². The van der Waals surface area contributed by atoms with Crippen molar-refractivity contribution in [2.45, 2.75) is 12.2 Å². The molecular weight excluding hydrogens is 255 g/mol. The van der Waals surface area contributed by atoms with Gasteiger partial charge < -0.3 is 0 Å². The van der Waals surface area contributed by atoms with Crippen molar-refractivity contribution < 1.29 is 0 Å². The van der Waals surface area contributed by atoms with Crippen LogP contribution in [0.5, 0.6) is 0 Å². The van der Waals surface area contributed by atoms with Gasteiger partial charge in [-0.25, -0.2) is 0 Å². The second-order valence-corrected chi connectivity index (χ2v) is 7.86. The van der Waals surface area contributed by atoms with Crippen LogP contribution >= 0.6 is 19.7 Å². The van der Waals surface area contributed by atoms with E-state index in [0.29, 0.717) is 5.25 Å². The first-order valence-electron chi connectivity index (χ1n) is 6.21. The van der Waals surface area contributed by atoms with Crippen molar-refractivity contribution in [3.8, 4) is 0 Å². The third-order valence-electron chi connectivity index (χ3n) is 2.98. The highest BCUT2D eigenvalue weighted by atomic mass is 32.2. The maximum absolute atomic E-state index is 2.33. The minimum absolute atomic E-state index is 0.217. The van der Waals surface area contributed by atoms with Gasteiger partial charge in [0.1, 0.15) is 0 Å². The molecule has 1 unspecified atom stereocenters. The van der Waals surface area contributed by atoms with Crippen molar-refractivity contribution in [1.29, 1.82) is 0 Å². The van der Waals surface area contributed by atoms with E-state index in [2.05, 4.69) is 73.8 Å². The first-order valence-corrected chi connectivity index (χ1v) is 9.03. The molecule has 1 atom stereocenters. The third kappa shape index (κ3) is 3.60. The van der Waals surface area contributed by atoms with E-state index in [1.165, 1.54) is 16.8 Å². The number of rotatable bonds is 5. The molecule has 0 spiro atoms. The summed E-state index contributed by atoms with van der Waals surface area (Å²) in [5, 5.41) is 3.68. The summed E-state index contributed by atoms with van der Waals surface area (Å²) in [5.41, 5.74) is 0. The molecule has 0 saturated carbocycles. The molecule has 0 saturated heterocycles. The first kappa shape index (κ1) is 13.6. The van der Waals surface area contributed by atoms with Gasteiger partial charge in [-0.05, 0) is 30.9 Å². The Kier molecular flexibility index (Phi) is 5.28. The van der Waals surface area contributed by atoms with Crippen molar-refractivity contribution in [3.05, 3.63) is 60.7 Å². The van der Waals surface area contributed by atoms with Crippen LogP contribution in [-0.4, -0.2) is 17.7 Å². The summed E-state index contributed by atoms with van der Waals surface area (Å²) < 4.78 is 0. The van der Waals surface area contributed by atoms with E-state index >= 15 is 0 Å². The third-order valence-corrected chi connectivity index (χ3v) is 6.95. The molecule has 0 amide bonds. The second-order valence-electron chi connectivity index (χ2n) is 4.33. The summed E-state index contributed by atoms with van der Waals surface area (Å²) in [6.45, 7) is 2.33. The lowest BCUT2D eigenvalue weighted by Gasteiger charge is -2.21. The van der Waals surface area contributed by atoms with Crippen molar-refractivity contribution in [2.24, 2.45) is 0 Å². The summed E-state index contributed by atoms with van der Waals surface area (Å²) in [6, 6.07) is 21.9. The van der Waals surface area contributed by atoms with Crippen LogP contribution in [0.1, 0.15) is 6.92 Å². The van der Waals surface area contributed by atoms with Gasteiger partial charge in [-0.1, -0.05) is 67.6 Å². The van der Waals surface area contributed by atoms with E-state index in [9.17, 15) is 0 Å². The second kappa shape index (κ2) is 6.97. The molecule has 0 radical (unpaired) electrons. The molecule has 0 fully saturated rings. The summed E-state index contributed by atoms with van der Waals surface area (Å²) in [7, 11) is -0.217. The summed E-state index contributed by atoms with van der Waals surface area (Å²) >= 11 is 1.96. The fraction of sp³-hybridized carbons (Fsp3) is 0.250. The lowest BCUT2D eigenvalue weighted by molar-refractivity contribution is 1.13. The van der Waals surface area contributed by atoms with Crippen LogP contribution < -0.4 is 10.6 Å². The lowest BCUT2D eigenvalue weighted by Crippen LogP contribution is -2.18. The Morgan fingerprint density at radius 1 is 0.889 bits per heavy atom. The molecule has 18 heavy (non-hydrogen) atoms.